The third-order valence-corrected chi connectivity index (χ3v) is 7.31. The molecule has 9 heteroatoms. The largest absolute Gasteiger partial charge is 0.497 e. The number of benzene rings is 2. The molecule has 0 radical (unpaired) electrons. The minimum absolute atomic E-state index is 0.0904. The molecule has 1 fully saturated rings. The van der Waals surface area contributed by atoms with Crippen LogP contribution in [-0.2, 0) is 16.6 Å². The molecular formula is C20H22BrN3O4S. The predicted octanol–water partition coefficient (Wildman–Crippen LogP) is 3.21. The number of sulfonamides is 1. The van der Waals surface area contributed by atoms with Gasteiger partial charge < -0.3 is 14.4 Å². The first-order valence-electron chi connectivity index (χ1n) is 9.02. The quantitative estimate of drug-likeness (QED) is 0.566. The van der Waals surface area contributed by atoms with Crippen molar-refractivity contribution in [1.82, 2.24) is 9.21 Å². The van der Waals surface area contributed by atoms with Crippen LogP contribution in [0.5, 0.6) is 11.5 Å². The lowest BCUT2D eigenvalue weighted by atomic mass is 10.2. The third-order valence-electron chi connectivity index (χ3n) is 4.90. The average Bonchev–Trinajstić information content (AvgIpc) is 3.20. The van der Waals surface area contributed by atoms with Gasteiger partial charge in [0.1, 0.15) is 16.4 Å². The van der Waals surface area contributed by atoms with Crippen molar-refractivity contribution in [3.63, 3.8) is 0 Å². The summed E-state index contributed by atoms with van der Waals surface area (Å²) in [5.41, 5.74) is 0.803. The molecule has 0 bridgehead atoms. The molecule has 0 spiro atoms. The zero-order chi connectivity index (χ0) is 21.0. The molecule has 0 amide bonds. The van der Waals surface area contributed by atoms with E-state index in [-0.39, 0.29) is 23.2 Å². The molecule has 0 aliphatic carbocycles. The number of nitriles is 1. The zero-order valence-corrected chi connectivity index (χ0v) is 18.6. The molecule has 1 saturated heterocycles. The molecule has 29 heavy (non-hydrogen) atoms. The summed E-state index contributed by atoms with van der Waals surface area (Å²) < 4.78 is 40.1. The van der Waals surface area contributed by atoms with Gasteiger partial charge >= 0.3 is 0 Å². The van der Waals surface area contributed by atoms with Crippen molar-refractivity contribution >= 4 is 26.0 Å². The molecule has 154 valence electrons. The Balaban J connectivity index is 2.04. The summed E-state index contributed by atoms with van der Waals surface area (Å²) in [6, 6.07) is 11.9. The molecule has 2 aromatic carbocycles. The summed E-state index contributed by atoms with van der Waals surface area (Å²) in [5, 5.41) is 9.23. The number of hydrogen-bond donors (Lipinski definition) is 0. The van der Waals surface area contributed by atoms with E-state index in [2.05, 4.69) is 22.1 Å². The van der Waals surface area contributed by atoms with Gasteiger partial charge in [0.05, 0.1) is 14.2 Å². The summed E-state index contributed by atoms with van der Waals surface area (Å²) in [6.07, 6.45) is 2.69. The number of likely N-dealkylation sites (tertiary alicyclic amines) is 1. The summed E-state index contributed by atoms with van der Waals surface area (Å²) in [4.78, 5) is 1.67. The molecule has 1 atom stereocenters. The van der Waals surface area contributed by atoms with Gasteiger partial charge in [-0.25, -0.2) is 8.42 Å². The number of methoxy groups -OCH3 is 2. The summed E-state index contributed by atoms with van der Waals surface area (Å²) in [5.74, 6) is 0.934. The van der Waals surface area contributed by atoms with Crippen LogP contribution in [0.25, 0.3) is 0 Å². The van der Waals surface area contributed by atoms with Crippen LogP contribution in [0.4, 0.5) is 0 Å². The highest BCUT2D eigenvalue weighted by Gasteiger charge is 2.37. The highest BCUT2D eigenvalue weighted by molar-refractivity contribution is 9.10. The predicted molar refractivity (Wildman–Crippen MR) is 112 cm³/mol. The highest BCUT2D eigenvalue weighted by atomic mass is 79.9. The lowest BCUT2D eigenvalue weighted by Gasteiger charge is -2.28. The maximum absolute atomic E-state index is 13.7. The standard InChI is InChI=1S/C20H22BrN3O4S/c1-27-18-5-3-4-15(10-18)12-24(17-8-9-23(13-17)14-22)29(25,26)20-11-16(21)6-7-19(20)28-2/h3-7,10-11,17H,8-9,12-13H2,1-2H3/t17-/m1/s1. The van der Waals surface area contributed by atoms with Crippen molar-refractivity contribution in [2.45, 2.75) is 23.9 Å². The van der Waals surface area contributed by atoms with Crippen LogP contribution in [0, 0.1) is 11.5 Å². The van der Waals surface area contributed by atoms with Gasteiger partial charge in [-0.1, -0.05) is 28.1 Å². The Bertz CT molecular complexity index is 1020. The summed E-state index contributed by atoms with van der Waals surface area (Å²) >= 11 is 3.35. The first-order valence-corrected chi connectivity index (χ1v) is 11.3. The fourth-order valence-corrected chi connectivity index (χ4v) is 5.74. The molecule has 1 aliphatic rings. The Hall–Kier alpha value is -2.28. The van der Waals surface area contributed by atoms with E-state index in [1.807, 2.05) is 24.3 Å². The van der Waals surface area contributed by atoms with E-state index in [1.165, 1.54) is 11.4 Å². The molecule has 3 rings (SSSR count). The molecule has 0 unspecified atom stereocenters. The van der Waals surface area contributed by atoms with Crippen molar-refractivity contribution in [3.8, 4) is 17.7 Å². The van der Waals surface area contributed by atoms with E-state index < -0.39 is 10.0 Å². The molecule has 7 nitrogen and oxygen atoms in total. The van der Waals surface area contributed by atoms with Gasteiger partial charge in [0.25, 0.3) is 0 Å². The van der Waals surface area contributed by atoms with Crippen molar-refractivity contribution in [3.05, 3.63) is 52.5 Å². The van der Waals surface area contributed by atoms with Gasteiger partial charge in [0.15, 0.2) is 6.19 Å². The smallest absolute Gasteiger partial charge is 0.247 e. The van der Waals surface area contributed by atoms with Crippen molar-refractivity contribution in [2.24, 2.45) is 0 Å². The molecule has 1 heterocycles. The number of rotatable bonds is 7. The lowest BCUT2D eigenvalue weighted by molar-refractivity contribution is 0.311. The van der Waals surface area contributed by atoms with Crippen LogP contribution >= 0.6 is 15.9 Å². The molecular weight excluding hydrogens is 458 g/mol. The fourth-order valence-electron chi connectivity index (χ4n) is 3.41. The van der Waals surface area contributed by atoms with Crippen LogP contribution in [0.3, 0.4) is 0 Å². The van der Waals surface area contributed by atoms with Crippen molar-refractivity contribution in [1.29, 1.82) is 5.26 Å². The van der Waals surface area contributed by atoms with Gasteiger partial charge in [-0.2, -0.15) is 9.57 Å². The lowest BCUT2D eigenvalue weighted by Crippen LogP contribution is -2.41. The van der Waals surface area contributed by atoms with Crippen LogP contribution in [0.1, 0.15) is 12.0 Å². The number of nitrogens with zero attached hydrogens (tertiary/aromatic N) is 3. The van der Waals surface area contributed by atoms with Gasteiger partial charge in [0, 0.05) is 30.1 Å². The molecule has 1 aliphatic heterocycles. The SMILES string of the molecule is COc1cccc(CN([C@@H]2CCN(C#N)C2)S(=O)(=O)c2cc(Br)ccc2OC)c1. The van der Waals surface area contributed by atoms with E-state index in [4.69, 9.17) is 9.47 Å². The molecule has 0 saturated carbocycles. The van der Waals surface area contributed by atoms with Gasteiger partial charge in [0.2, 0.25) is 10.0 Å². The Morgan fingerprint density at radius 3 is 2.69 bits per heavy atom. The third kappa shape index (κ3) is 4.66. The van der Waals surface area contributed by atoms with Gasteiger partial charge in [-0.15, -0.1) is 0 Å². The summed E-state index contributed by atoms with van der Waals surface area (Å²) in [6.45, 7) is 1.05. The first kappa shape index (κ1) is 21.4. The zero-order valence-electron chi connectivity index (χ0n) is 16.2. The Morgan fingerprint density at radius 1 is 1.24 bits per heavy atom. The van der Waals surface area contributed by atoms with Gasteiger partial charge in [-0.05, 0) is 42.3 Å². The average molecular weight is 480 g/mol. The normalized spacial score (nSPS) is 16.7. The Labute approximate surface area is 179 Å². The Kier molecular flexibility index (Phi) is 6.67. The van der Waals surface area contributed by atoms with E-state index in [0.717, 1.165) is 5.56 Å². The van der Waals surface area contributed by atoms with E-state index >= 15 is 0 Å². The maximum atomic E-state index is 13.7. The van der Waals surface area contributed by atoms with Crippen LogP contribution < -0.4 is 9.47 Å². The highest BCUT2D eigenvalue weighted by Crippen LogP contribution is 2.33. The molecule has 0 aromatic heterocycles. The minimum Gasteiger partial charge on any atom is -0.497 e. The Morgan fingerprint density at radius 2 is 2.03 bits per heavy atom. The number of ether oxygens (including phenoxy) is 2. The van der Waals surface area contributed by atoms with Crippen LogP contribution in [0.15, 0.2) is 51.8 Å². The second kappa shape index (κ2) is 9.03. The van der Waals surface area contributed by atoms with Crippen LogP contribution in [-0.4, -0.2) is 51.0 Å². The van der Waals surface area contributed by atoms with Crippen LogP contribution in [0.2, 0.25) is 0 Å². The van der Waals surface area contributed by atoms with E-state index in [9.17, 15) is 13.7 Å². The molecule has 2 aromatic rings. The van der Waals surface area contributed by atoms with Crippen molar-refractivity contribution < 1.29 is 17.9 Å². The second-order valence-electron chi connectivity index (χ2n) is 6.69. The number of hydrogen-bond acceptors (Lipinski definition) is 6. The first-order chi connectivity index (χ1) is 13.9. The minimum atomic E-state index is -3.90. The van der Waals surface area contributed by atoms with E-state index in [1.54, 1.807) is 30.2 Å². The van der Waals surface area contributed by atoms with Crippen molar-refractivity contribution in [2.75, 3.05) is 27.3 Å². The second-order valence-corrected chi connectivity index (χ2v) is 9.46. The maximum Gasteiger partial charge on any atom is 0.247 e. The molecule has 0 N–H and O–H groups in total. The summed E-state index contributed by atoms with van der Waals surface area (Å²) in [7, 11) is -0.880. The topological polar surface area (TPSA) is 82.9 Å². The monoisotopic (exact) mass is 479 g/mol. The van der Waals surface area contributed by atoms with Gasteiger partial charge in [-0.3, -0.25) is 0 Å². The number of halogens is 1. The van der Waals surface area contributed by atoms with E-state index in [0.29, 0.717) is 29.7 Å². The fraction of sp³-hybridized carbons (Fsp3) is 0.350.